The van der Waals surface area contributed by atoms with Gasteiger partial charge in [0.2, 0.25) is 0 Å². The Morgan fingerprint density at radius 2 is 2.21 bits per heavy atom. The first-order valence-electron chi connectivity index (χ1n) is 4.32. The van der Waals surface area contributed by atoms with E-state index in [0.29, 0.717) is 5.02 Å². The van der Waals surface area contributed by atoms with Gasteiger partial charge in [-0.25, -0.2) is 0 Å². The number of hydrogen-bond acceptors (Lipinski definition) is 1. The number of halogens is 2. The molecule has 1 atom stereocenters. The van der Waals surface area contributed by atoms with Crippen LogP contribution in [0.25, 0.3) is 6.08 Å². The lowest BCUT2D eigenvalue weighted by molar-refractivity contribution is 0.232. The highest BCUT2D eigenvalue weighted by Crippen LogP contribution is 2.23. The van der Waals surface area contributed by atoms with E-state index in [1.807, 2.05) is 31.2 Å². The number of hydrogen-bond donors (Lipinski definition) is 1. The van der Waals surface area contributed by atoms with E-state index >= 15 is 0 Å². The Labute approximate surface area is 97.5 Å². The first kappa shape index (κ1) is 11.8. The first-order chi connectivity index (χ1) is 6.50. The molecule has 0 saturated carbocycles. The molecular formula is C11H12BrClO. The standard InChI is InChI=1S/C11H12BrClO/c1-7(8(2)14)5-9-6-10(12)3-4-11(9)13/h3-6,8,14H,1-2H3/b7-5+. The largest absolute Gasteiger partial charge is 0.389 e. The lowest BCUT2D eigenvalue weighted by Crippen LogP contribution is -2.00. The van der Waals surface area contributed by atoms with Crippen LogP contribution in [0, 0.1) is 0 Å². The number of aliphatic hydroxyl groups is 1. The first-order valence-corrected chi connectivity index (χ1v) is 5.49. The van der Waals surface area contributed by atoms with Crippen LogP contribution in [0.3, 0.4) is 0 Å². The minimum Gasteiger partial charge on any atom is -0.389 e. The predicted molar refractivity (Wildman–Crippen MR) is 64.5 cm³/mol. The van der Waals surface area contributed by atoms with Crippen LogP contribution in [0.1, 0.15) is 19.4 Å². The van der Waals surface area contributed by atoms with E-state index in [4.69, 9.17) is 11.6 Å². The molecule has 1 aromatic carbocycles. The zero-order chi connectivity index (χ0) is 10.7. The molecule has 3 heteroatoms. The molecule has 1 nitrogen and oxygen atoms in total. The van der Waals surface area contributed by atoms with Gasteiger partial charge in [-0.1, -0.05) is 33.6 Å². The van der Waals surface area contributed by atoms with Crippen molar-refractivity contribution in [3.63, 3.8) is 0 Å². The fraction of sp³-hybridized carbons (Fsp3) is 0.273. The molecule has 0 aliphatic heterocycles. The number of benzene rings is 1. The van der Waals surface area contributed by atoms with Gasteiger partial charge in [-0.15, -0.1) is 0 Å². The Morgan fingerprint density at radius 1 is 1.57 bits per heavy atom. The summed E-state index contributed by atoms with van der Waals surface area (Å²) in [6, 6.07) is 5.64. The average molecular weight is 276 g/mol. The van der Waals surface area contributed by atoms with E-state index in [9.17, 15) is 5.11 Å². The SMILES string of the molecule is C/C(=C\c1cc(Br)ccc1Cl)C(C)O. The van der Waals surface area contributed by atoms with E-state index in [-0.39, 0.29) is 0 Å². The third-order valence-electron chi connectivity index (χ3n) is 2.00. The Morgan fingerprint density at radius 3 is 2.79 bits per heavy atom. The molecule has 0 aliphatic rings. The summed E-state index contributed by atoms with van der Waals surface area (Å²) in [6.45, 7) is 3.61. The second-order valence-electron chi connectivity index (χ2n) is 3.23. The van der Waals surface area contributed by atoms with Crippen LogP contribution in [-0.4, -0.2) is 11.2 Å². The normalized spacial score (nSPS) is 14.2. The van der Waals surface area contributed by atoms with Gasteiger partial charge < -0.3 is 5.11 Å². The van der Waals surface area contributed by atoms with Crippen molar-refractivity contribution in [1.82, 2.24) is 0 Å². The maximum atomic E-state index is 9.32. The van der Waals surface area contributed by atoms with Crippen molar-refractivity contribution in [3.05, 3.63) is 38.8 Å². The van der Waals surface area contributed by atoms with Crippen LogP contribution in [0.5, 0.6) is 0 Å². The topological polar surface area (TPSA) is 20.2 Å². The van der Waals surface area contributed by atoms with Crippen LogP contribution in [-0.2, 0) is 0 Å². The van der Waals surface area contributed by atoms with Gasteiger partial charge in [0.15, 0.2) is 0 Å². The third kappa shape index (κ3) is 3.12. The van der Waals surface area contributed by atoms with Crippen molar-refractivity contribution in [2.24, 2.45) is 0 Å². The molecule has 0 bridgehead atoms. The smallest absolute Gasteiger partial charge is 0.0722 e. The third-order valence-corrected chi connectivity index (χ3v) is 2.84. The number of rotatable bonds is 2. The van der Waals surface area contributed by atoms with E-state index in [1.54, 1.807) is 6.92 Å². The van der Waals surface area contributed by atoms with Gasteiger partial charge in [-0.2, -0.15) is 0 Å². The summed E-state index contributed by atoms with van der Waals surface area (Å²) < 4.78 is 0.978. The van der Waals surface area contributed by atoms with Crippen molar-refractivity contribution in [2.45, 2.75) is 20.0 Å². The van der Waals surface area contributed by atoms with Crippen LogP contribution in [0.4, 0.5) is 0 Å². The fourth-order valence-corrected chi connectivity index (χ4v) is 1.54. The molecule has 0 amide bonds. The van der Waals surface area contributed by atoms with Crippen molar-refractivity contribution in [3.8, 4) is 0 Å². The molecule has 0 aliphatic carbocycles. The second-order valence-corrected chi connectivity index (χ2v) is 4.55. The molecule has 1 rings (SSSR count). The second kappa shape index (κ2) is 4.96. The molecule has 1 aromatic rings. The molecule has 0 fully saturated rings. The summed E-state index contributed by atoms with van der Waals surface area (Å²) in [5.74, 6) is 0. The molecule has 1 unspecified atom stereocenters. The molecule has 0 saturated heterocycles. The van der Waals surface area contributed by atoms with Gasteiger partial charge in [-0.3, -0.25) is 0 Å². The lowest BCUT2D eigenvalue weighted by atomic mass is 10.1. The number of aliphatic hydroxyl groups excluding tert-OH is 1. The monoisotopic (exact) mass is 274 g/mol. The minimum absolute atomic E-state index is 0.440. The molecule has 0 heterocycles. The van der Waals surface area contributed by atoms with E-state index in [2.05, 4.69) is 15.9 Å². The highest BCUT2D eigenvalue weighted by Gasteiger charge is 2.02. The molecule has 0 aromatic heterocycles. The molecule has 14 heavy (non-hydrogen) atoms. The van der Waals surface area contributed by atoms with Gasteiger partial charge in [0.25, 0.3) is 0 Å². The van der Waals surface area contributed by atoms with Gasteiger partial charge >= 0.3 is 0 Å². The Hall–Kier alpha value is -0.310. The molecular weight excluding hydrogens is 263 g/mol. The highest BCUT2D eigenvalue weighted by atomic mass is 79.9. The lowest BCUT2D eigenvalue weighted by Gasteiger charge is -2.05. The Balaban J connectivity index is 3.07. The Kier molecular flexibility index (Phi) is 4.17. The van der Waals surface area contributed by atoms with Crippen LogP contribution < -0.4 is 0 Å². The Bertz CT molecular complexity index is 358. The van der Waals surface area contributed by atoms with E-state index in [0.717, 1.165) is 15.6 Å². The summed E-state index contributed by atoms with van der Waals surface area (Å²) in [6.07, 6.45) is 1.45. The maximum Gasteiger partial charge on any atom is 0.0722 e. The zero-order valence-corrected chi connectivity index (χ0v) is 10.4. The van der Waals surface area contributed by atoms with Crippen LogP contribution in [0.15, 0.2) is 28.2 Å². The fourth-order valence-electron chi connectivity index (χ4n) is 0.991. The van der Waals surface area contributed by atoms with E-state index in [1.165, 1.54) is 0 Å². The quantitative estimate of drug-likeness (QED) is 0.868. The van der Waals surface area contributed by atoms with Crippen LogP contribution in [0.2, 0.25) is 5.02 Å². The summed E-state index contributed by atoms with van der Waals surface area (Å²) in [4.78, 5) is 0. The van der Waals surface area contributed by atoms with Crippen molar-refractivity contribution >= 4 is 33.6 Å². The highest BCUT2D eigenvalue weighted by molar-refractivity contribution is 9.10. The summed E-state index contributed by atoms with van der Waals surface area (Å²) in [7, 11) is 0. The summed E-state index contributed by atoms with van der Waals surface area (Å²) in [5, 5.41) is 10.0. The molecule has 76 valence electrons. The van der Waals surface area contributed by atoms with Crippen molar-refractivity contribution in [2.75, 3.05) is 0 Å². The minimum atomic E-state index is -0.440. The molecule has 1 N–H and O–H groups in total. The molecule has 0 spiro atoms. The van der Waals surface area contributed by atoms with Crippen molar-refractivity contribution < 1.29 is 5.11 Å². The van der Waals surface area contributed by atoms with Gasteiger partial charge in [0.1, 0.15) is 0 Å². The van der Waals surface area contributed by atoms with Gasteiger partial charge in [-0.05, 0) is 43.2 Å². The summed E-state index contributed by atoms with van der Waals surface area (Å²) >= 11 is 9.37. The van der Waals surface area contributed by atoms with Crippen LogP contribution >= 0.6 is 27.5 Å². The molecule has 0 radical (unpaired) electrons. The van der Waals surface area contributed by atoms with Crippen molar-refractivity contribution in [1.29, 1.82) is 0 Å². The maximum absolute atomic E-state index is 9.32. The average Bonchev–Trinajstić information content (AvgIpc) is 2.11. The van der Waals surface area contributed by atoms with E-state index < -0.39 is 6.10 Å². The predicted octanol–water partition coefficient (Wildman–Crippen LogP) is 3.89. The zero-order valence-electron chi connectivity index (χ0n) is 8.09. The van der Waals surface area contributed by atoms with Gasteiger partial charge in [0.05, 0.1) is 6.10 Å². The summed E-state index contributed by atoms with van der Waals surface area (Å²) in [5.41, 5.74) is 1.81. The van der Waals surface area contributed by atoms with Gasteiger partial charge in [0, 0.05) is 9.50 Å².